The van der Waals surface area contributed by atoms with Gasteiger partial charge in [-0.3, -0.25) is 14.0 Å². The quantitative estimate of drug-likeness (QED) is 0.350. The molecule has 34 heavy (non-hydrogen) atoms. The Morgan fingerprint density at radius 3 is 2.59 bits per heavy atom. The molecule has 0 bridgehead atoms. The summed E-state index contributed by atoms with van der Waals surface area (Å²) < 4.78 is 3.37. The fourth-order valence-corrected chi connectivity index (χ4v) is 4.66. The van der Waals surface area contributed by atoms with E-state index in [1.54, 1.807) is 22.8 Å². The molecule has 170 valence electrons. The number of aryl methyl sites for hydroxylation is 2. The van der Waals surface area contributed by atoms with Gasteiger partial charge in [-0.2, -0.15) is 0 Å². The summed E-state index contributed by atoms with van der Waals surface area (Å²) in [6.45, 7) is 3.89. The molecule has 0 unspecified atom stereocenters. The van der Waals surface area contributed by atoms with E-state index < -0.39 is 0 Å². The SMILES string of the molecule is Cc1ccc(-n2c(=O)c3ccccc3n3c(SCC(=O)Nc4cc(Cl)ccc4C)nnc23)cc1. The van der Waals surface area contributed by atoms with Gasteiger partial charge in [0.05, 0.1) is 22.3 Å². The number of para-hydroxylation sites is 1. The van der Waals surface area contributed by atoms with Crippen LogP contribution in [-0.4, -0.2) is 30.8 Å². The van der Waals surface area contributed by atoms with E-state index >= 15 is 0 Å². The van der Waals surface area contributed by atoms with E-state index in [2.05, 4.69) is 15.5 Å². The summed E-state index contributed by atoms with van der Waals surface area (Å²) in [5.74, 6) is 0.314. The van der Waals surface area contributed by atoms with Gasteiger partial charge in [0.15, 0.2) is 5.16 Å². The van der Waals surface area contributed by atoms with Crippen molar-refractivity contribution in [2.45, 2.75) is 19.0 Å². The second-order valence-electron chi connectivity index (χ2n) is 7.91. The lowest BCUT2D eigenvalue weighted by molar-refractivity contribution is -0.113. The number of aromatic nitrogens is 4. The second-order valence-corrected chi connectivity index (χ2v) is 9.29. The molecule has 1 amide bonds. The van der Waals surface area contributed by atoms with E-state index in [1.165, 1.54) is 11.8 Å². The average molecular weight is 490 g/mol. The number of amides is 1. The fourth-order valence-electron chi connectivity index (χ4n) is 3.74. The predicted molar refractivity (Wildman–Crippen MR) is 136 cm³/mol. The van der Waals surface area contributed by atoms with E-state index in [4.69, 9.17) is 11.6 Å². The van der Waals surface area contributed by atoms with Crippen molar-refractivity contribution < 1.29 is 4.79 Å². The van der Waals surface area contributed by atoms with Crippen LogP contribution in [0.25, 0.3) is 22.4 Å². The van der Waals surface area contributed by atoms with Crippen molar-refractivity contribution in [1.82, 2.24) is 19.2 Å². The highest BCUT2D eigenvalue weighted by molar-refractivity contribution is 7.99. The van der Waals surface area contributed by atoms with E-state index in [-0.39, 0.29) is 17.2 Å². The Balaban J connectivity index is 1.54. The van der Waals surface area contributed by atoms with Crippen molar-refractivity contribution >= 4 is 51.6 Å². The molecule has 2 heterocycles. The molecule has 0 radical (unpaired) electrons. The molecule has 0 spiro atoms. The number of carbonyl (C=O) groups is 1. The minimum Gasteiger partial charge on any atom is -0.325 e. The Morgan fingerprint density at radius 2 is 1.79 bits per heavy atom. The highest BCUT2D eigenvalue weighted by Crippen LogP contribution is 2.24. The third-order valence-electron chi connectivity index (χ3n) is 5.49. The number of hydrogen-bond donors (Lipinski definition) is 1. The molecule has 2 aromatic heterocycles. The smallest absolute Gasteiger partial charge is 0.267 e. The van der Waals surface area contributed by atoms with Gasteiger partial charge < -0.3 is 5.32 Å². The number of halogens is 1. The van der Waals surface area contributed by atoms with Crippen molar-refractivity contribution in [3.8, 4) is 5.69 Å². The molecule has 0 atom stereocenters. The molecule has 0 saturated heterocycles. The molecular weight excluding hydrogens is 470 g/mol. The van der Waals surface area contributed by atoms with Crippen LogP contribution in [-0.2, 0) is 4.79 Å². The monoisotopic (exact) mass is 489 g/mol. The molecular formula is C25H20ClN5O2S. The molecule has 5 aromatic rings. The molecule has 0 aliphatic carbocycles. The van der Waals surface area contributed by atoms with Gasteiger partial charge in [-0.15, -0.1) is 10.2 Å². The molecule has 0 saturated carbocycles. The van der Waals surface area contributed by atoms with Gasteiger partial charge in [-0.25, -0.2) is 4.57 Å². The predicted octanol–water partition coefficient (Wildman–Crippen LogP) is 5.03. The van der Waals surface area contributed by atoms with Crippen molar-refractivity contribution in [2.24, 2.45) is 0 Å². The summed E-state index contributed by atoms with van der Waals surface area (Å²) >= 11 is 7.31. The van der Waals surface area contributed by atoms with Gasteiger partial charge in [0.25, 0.3) is 5.56 Å². The maximum Gasteiger partial charge on any atom is 0.267 e. The lowest BCUT2D eigenvalue weighted by Crippen LogP contribution is -2.22. The number of carbonyl (C=O) groups excluding carboxylic acids is 1. The maximum absolute atomic E-state index is 13.4. The van der Waals surface area contributed by atoms with Crippen LogP contribution >= 0.6 is 23.4 Å². The minimum absolute atomic E-state index is 0.116. The number of hydrogen-bond acceptors (Lipinski definition) is 5. The number of benzene rings is 3. The van der Waals surface area contributed by atoms with Crippen LogP contribution in [0.2, 0.25) is 5.02 Å². The van der Waals surface area contributed by atoms with Crippen molar-refractivity contribution in [3.63, 3.8) is 0 Å². The summed E-state index contributed by atoms with van der Waals surface area (Å²) in [5, 5.41) is 13.1. The normalized spacial score (nSPS) is 11.3. The van der Waals surface area contributed by atoms with Crippen molar-refractivity contribution in [2.75, 3.05) is 11.1 Å². The molecule has 7 nitrogen and oxygen atoms in total. The Kier molecular flexibility index (Phi) is 5.85. The first-order valence-electron chi connectivity index (χ1n) is 10.6. The van der Waals surface area contributed by atoms with E-state index in [0.717, 1.165) is 11.1 Å². The van der Waals surface area contributed by atoms with E-state index in [1.807, 2.05) is 66.8 Å². The standard InChI is InChI=1S/C25H20ClN5O2S/c1-15-7-11-18(12-8-15)30-23(33)19-5-3-4-6-21(19)31-24(30)28-29-25(31)34-14-22(32)27-20-13-17(26)10-9-16(20)2/h3-13H,14H2,1-2H3,(H,27,32). The highest BCUT2D eigenvalue weighted by Gasteiger charge is 2.18. The van der Waals surface area contributed by atoms with Crippen LogP contribution in [0.5, 0.6) is 0 Å². The van der Waals surface area contributed by atoms with Gasteiger partial charge in [-0.05, 0) is 55.8 Å². The van der Waals surface area contributed by atoms with Crippen LogP contribution in [0.3, 0.4) is 0 Å². The Morgan fingerprint density at radius 1 is 1.03 bits per heavy atom. The molecule has 3 aromatic carbocycles. The number of rotatable bonds is 5. The Hall–Kier alpha value is -3.62. The number of nitrogens with one attached hydrogen (secondary N) is 1. The number of thioether (sulfide) groups is 1. The van der Waals surface area contributed by atoms with Crippen LogP contribution < -0.4 is 10.9 Å². The molecule has 9 heteroatoms. The number of fused-ring (bicyclic) bond motifs is 3. The molecule has 0 fully saturated rings. The molecule has 5 rings (SSSR count). The topological polar surface area (TPSA) is 81.3 Å². The number of nitrogens with zero attached hydrogens (tertiary/aromatic N) is 4. The third kappa shape index (κ3) is 4.06. The van der Waals surface area contributed by atoms with Crippen molar-refractivity contribution in [1.29, 1.82) is 0 Å². The highest BCUT2D eigenvalue weighted by atomic mass is 35.5. The largest absolute Gasteiger partial charge is 0.325 e. The Labute approximate surface area is 204 Å². The summed E-state index contributed by atoms with van der Waals surface area (Å²) in [7, 11) is 0. The second kappa shape index (κ2) is 8.96. The van der Waals surface area contributed by atoms with Crippen LogP contribution in [0.4, 0.5) is 5.69 Å². The average Bonchev–Trinajstić information content (AvgIpc) is 3.25. The first kappa shape index (κ1) is 22.2. The lowest BCUT2D eigenvalue weighted by atomic mass is 10.2. The van der Waals surface area contributed by atoms with Crippen LogP contribution in [0, 0.1) is 13.8 Å². The lowest BCUT2D eigenvalue weighted by Gasteiger charge is -2.12. The zero-order valence-corrected chi connectivity index (χ0v) is 20.0. The molecule has 0 aliphatic heterocycles. The first-order chi connectivity index (χ1) is 16.4. The summed E-state index contributed by atoms with van der Waals surface area (Å²) in [4.78, 5) is 26.0. The Bertz CT molecular complexity index is 1610. The van der Waals surface area contributed by atoms with E-state index in [9.17, 15) is 9.59 Å². The van der Waals surface area contributed by atoms with Crippen LogP contribution in [0.15, 0.2) is 76.7 Å². The summed E-state index contributed by atoms with van der Waals surface area (Å²) in [6.07, 6.45) is 0. The van der Waals surface area contributed by atoms with Gasteiger partial charge >= 0.3 is 0 Å². The summed E-state index contributed by atoms with van der Waals surface area (Å²) in [5.41, 5.74) is 3.89. The summed E-state index contributed by atoms with van der Waals surface area (Å²) in [6, 6.07) is 20.3. The zero-order valence-electron chi connectivity index (χ0n) is 18.4. The van der Waals surface area contributed by atoms with E-state index in [0.29, 0.717) is 38.2 Å². The van der Waals surface area contributed by atoms with Crippen LogP contribution in [0.1, 0.15) is 11.1 Å². The number of anilines is 1. The van der Waals surface area contributed by atoms with Gasteiger partial charge in [-0.1, -0.05) is 59.3 Å². The first-order valence-corrected chi connectivity index (χ1v) is 11.9. The molecule has 0 aliphatic rings. The fraction of sp³-hybridized carbons (Fsp3) is 0.120. The third-order valence-corrected chi connectivity index (χ3v) is 6.66. The molecule has 1 N–H and O–H groups in total. The van der Waals surface area contributed by atoms with Gasteiger partial charge in [0, 0.05) is 10.7 Å². The van der Waals surface area contributed by atoms with Gasteiger partial charge in [0.2, 0.25) is 11.7 Å². The van der Waals surface area contributed by atoms with Gasteiger partial charge in [0.1, 0.15) is 0 Å². The minimum atomic E-state index is -0.191. The van der Waals surface area contributed by atoms with Crippen molar-refractivity contribution in [3.05, 3.63) is 93.2 Å². The maximum atomic E-state index is 13.4. The zero-order chi connectivity index (χ0) is 23.8.